The molecule has 10 heteroatoms. The van der Waals surface area contributed by atoms with E-state index < -0.39 is 10.5 Å². The van der Waals surface area contributed by atoms with E-state index in [0.717, 1.165) is 15.8 Å². The normalized spacial score (nSPS) is 11.1. The zero-order valence-electron chi connectivity index (χ0n) is 13.1. The van der Waals surface area contributed by atoms with Gasteiger partial charge in [0, 0.05) is 22.9 Å². The molecule has 0 saturated heterocycles. The van der Waals surface area contributed by atoms with Crippen LogP contribution in [0.1, 0.15) is 5.69 Å². The van der Waals surface area contributed by atoms with Crippen molar-refractivity contribution in [2.24, 2.45) is 0 Å². The fraction of sp³-hybridized carbons (Fsp3) is 0.0625. The largest absolute Gasteiger partial charge is 0.374 e. The average Bonchev–Trinajstić information content (AvgIpc) is 3.01. The van der Waals surface area contributed by atoms with Crippen molar-refractivity contribution < 1.29 is 4.92 Å². The maximum absolute atomic E-state index is 11.8. The van der Waals surface area contributed by atoms with E-state index in [2.05, 4.69) is 36.2 Å². The van der Waals surface area contributed by atoms with Gasteiger partial charge in [0.2, 0.25) is 0 Å². The van der Waals surface area contributed by atoms with E-state index in [4.69, 9.17) is 0 Å². The van der Waals surface area contributed by atoms with E-state index in [-0.39, 0.29) is 23.3 Å². The number of aromatic amines is 1. The van der Waals surface area contributed by atoms with E-state index in [9.17, 15) is 14.9 Å². The molecule has 0 aliphatic carbocycles. The van der Waals surface area contributed by atoms with E-state index in [0.29, 0.717) is 5.52 Å². The molecule has 0 radical (unpaired) electrons. The quantitative estimate of drug-likeness (QED) is 0.391. The van der Waals surface area contributed by atoms with Gasteiger partial charge in [0.15, 0.2) is 0 Å². The number of aromatic nitrogens is 4. The van der Waals surface area contributed by atoms with Crippen LogP contribution in [0.3, 0.4) is 0 Å². The number of halogens is 1. The minimum absolute atomic E-state index is 0.169. The number of nitrogens with zero attached hydrogens (tertiary/aromatic N) is 4. The van der Waals surface area contributed by atoms with Gasteiger partial charge in [-0.05, 0) is 34.1 Å². The molecule has 9 nitrogen and oxygen atoms in total. The van der Waals surface area contributed by atoms with Gasteiger partial charge in [-0.2, -0.15) is 0 Å². The highest BCUT2D eigenvalue weighted by Crippen LogP contribution is 2.28. The molecule has 2 N–H and O–H groups in total. The van der Waals surface area contributed by atoms with Gasteiger partial charge in [0.1, 0.15) is 11.3 Å². The minimum Gasteiger partial charge on any atom is -0.374 e. The topological polar surface area (TPSA) is 118 Å². The van der Waals surface area contributed by atoms with Crippen LogP contribution in [0.15, 0.2) is 52.3 Å². The monoisotopic (exact) mass is 414 g/mol. The van der Waals surface area contributed by atoms with Crippen LogP contribution in [0.2, 0.25) is 0 Å². The number of nitro groups is 1. The summed E-state index contributed by atoms with van der Waals surface area (Å²) >= 11 is 3.40. The number of pyridine rings is 1. The van der Waals surface area contributed by atoms with Crippen molar-refractivity contribution in [3.63, 3.8) is 0 Å². The van der Waals surface area contributed by atoms with Crippen molar-refractivity contribution in [2.45, 2.75) is 6.54 Å². The predicted octanol–water partition coefficient (Wildman–Crippen LogP) is 2.85. The Balaban J connectivity index is 1.70. The third kappa shape index (κ3) is 2.90. The van der Waals surface area contributed by atoms with Gasteiger partial charge in [-0.3, -0.25) is 14.9 Å². The van der Waals surface area contributed by atoms with Crippen molar-refractivity contribution in [3.8, 4) is 0 Å². The lowest BCUT2D eigenvalue weighted by molar-refractivity contribution is -0.383. The molecule has 0 aliphatic rings. The lowest BCUT2D eigenvalue weighted by Crippen LogP contribution is -2.09. The molecule has 0 unspecified atom stereocenters. The second-order valence-electron chi connectivity index (χ2n) is 5.57. The standard InChI is InChI=1S/C16H11BrN6O3/c17-9-1-2-15-21-10(7-22(15)6-9)5-18-13-4-12-11(3-14(13)23(25)26)16(24)20-8-19-12/h1-4,6-8,18H,5H2,(H,19,20,24). The van der Waals surface area contributed by atoms with Gasteiger partial charge in [-0.15, -0.1) is 0 Å². The fourth-order valence-corrected chi connectivity index (χ4v) is 3.04. The van der Waals surface area contributed by atoms with Gasteiger partial charge in [0.05, 0.1) is 34.4 Å². The summed E-state index contributed by atoms with van der Waals surface area (Å²) in [5.41, 5.74) is 1.53. The summed E-state index contributed by atoms with van der Waals surface area (Å²) in [6, 6.07) is 6.47. The van der Waals surface area contributed by atoms with Crippen molar-refractivity contribution >= 4 is 43.9 Å². The fourth-order valence-electron chi connectivity index (χ4n) is 2.68. The molecule has 0 aliphatic heterocycles. The van der Waals surface area contributed by atoms with E-state index >= 15 is 0 Å². The number of hydrogen-bond acceptors (Lipinski definition) is 6. The van der Waals surface area contributed by atoms with Gasteiger partial charge in [-0.1, -0.05) is 0 Å². The number of imidazole rings is 1. The second kappa shape index (κ2) is 6.23. The smallest absolute Gasteiger partial charge is 0.293 e. The van der Waals surface area contributed by atoms with Crippen LogP contribution < -0.4 is 10.9 Å². The Morgan fingerprint density at radius 2 is 2.15 bits per heavy atom. The number of benzene rings is 1. The van der Waals surface area contributed by atoms with Gasteiger partial charge in [0.25, 0.3) is 11.2 Å². The number of hydrogen-bond donors (Lipinski definition) is 2. The average molecular weight is 415 g/mol. The summed E-state index contributed by atoms with van der Waals surface area (Å²) in [5, 5.41) is 14.6. The SMILES string of the molecule is O=c1[nH]cnc2cc(NCc3cn4cc(Br)ccc4n3)c([N+](=O)[O-])cc12. The molecule has 0 saturated carbocycles. The Morgan fingerprint density at radius 3 is 2.96 bits per heavy atom. The molecule has 130 valence electrons. The number of nitrogens with one attached hydrogen (secondary N) is 2. The van der Waals surface area contributed by atoms with Crippen LogP contribution in [0.4, 0.5) is 11.4 Å². The summed E-state index contributed by atoms with van der Waals surface area (Å²) < 4.78 is 2.78. The highest BCUT2D eigenvalue weighted by Gasteiger charge is 2.17. The van der Waals surface area contributed by atoms with Crippen LogP contribution in [-0.4, -0.2) is 24.3 Å². The van der Waals surface area contributed by atoms with E-state index in [1.807, 2.05) is 28.9 Å². The predicted molar refractivity (Wildman–Crippen MR) is 99.2 cm³/mol. The molecule has 0 fully saturated rings. The lowest BCUT2D eigenvalue weighted by Gasteiger charge is -2.06. The van der Waals surface area contributed by atoms with Crippen LogP contribution in [-0.2, 0) is 6.54 Å². The van der Waals surface area contributed by atoms with Crippen molar-refractivity contribution in [1.82, 2.24) is 19.4 Å². The van der Waals surface area contributed by atoms with Crippen LogP contribution >= 0.6 is 15.9 Å². The molecule has 3 aromatic heterocycles. The van der Waals surface area contributed by atoms with Crippen LogP contribution in [0.25, 0.3) is 16.6 Å². The number of rotatable bonds is 4. The molecule has 4 aromatic rings. The Bertz CT molecular complexity index is 1220. The molecular formula is C16H11BrN6O3. The molecular weight excluding hydrogens is 404 g/mol. The molecule has 0 amide bonds. The first kappa shape index (κ1) is 16.2. The lowest BCUT2D eigenvalue weighted by atomic mass is 10.2. The van der Waals surface area contributed by atoms with Gasteiger partial charge in [-0.25, -0.2) is 9.97 Å². The third-order valence-corrected chi connectivity index (χ3v) is 4.35. The third-order valence-electron chi connectivity index (χ3n) is 3.88. The first-order chi connectivity index (χ1) is 12.5. The maximum Gasteiger partial charge on any atom is 0.293 e. The van der Waals surface area contributed by atoms with Gasteiger partial charge >= 0.3 is 0 Å². The molecule has 3 heterocycles. The van der Waals surface area contributed by atoms with Crippen LogP contribution in [0, 0.1) is 10.1 Å². The Kier molecular flexibility index (Phi) is 3.88. The number of anilines is 1. The number of fused-ring (bicyclic) bond motifs is 2. The van der Waals surface area contributed by atoms with E-state index in [1.165, 1.54) is 18.5 Å². The molecule has 1 aromatic carbocycles. The minimum atomic E-state index is -0.533. The summed E-state index contributed by atoms with van der Waals surface area (Å²) in [7, 11) is 0. The zero-order chi connectivity index (χ0) is 18.3. The van der Waals surface area contributed by atoms with Gasteiger partial charge < -0.3 is 14.7 Å². The van der Waals surface area contributed by atoms with Crippen molar-refractivity contribution in [3.05, 3.63) is 73.6 Å². The van der Waals surface area contributed by atoms with Crippen LogP contribution in [0.5, 0.6) is 0 Å². The van der Waals surface area contributed by atoms with Crippen molar-refractivity contribution in [1.29, 1.82) is 0 Å². The molecule has 0 spiro atoms. The number of nitro benzene ring substituents is 1. The van der Waals surface area contributed by atoms with E-state index in [1.54, 1.807) is 0 Å². The first-order valence-electron chi connectivity index (χ1n) is 7.54. The summed E-state index contributed by atoms with van der Waals surface area (Å²) in [6.07, 6.45) is 4.98. The zero-order valence-corrected chi connectivity index (χ0v) is 14.7. The summed E-state index contributed by atoms with van der Waals surface area (Å²) in [5.74, 6) is 0. The highest BCUT2D eigenvalue weighted by molar-refractivity contribution is 9.10. The second-order valence-corrected chi connectivity index (χ2v) is 6.49. The Morgan fingerprint density at radius 1 is 1.31 bits per heavy atom. The summed E-state index contributed by atoms with van der Waals surface area (Å²) in [4.78, 5) is 33.6. The maximum atomic E-state index is 11.8. The Labute approximate surface area is 154 Å². The molecule has 0 bridgehead atoms. The first-order valence-corrected chi connectivity index (χ1v) is 8.33. The number of H-pyrrole nitrogens is 1. The van der Waals surface area contributed by atoms with Crippen molar-refractivity contribution in [2.75, 3.05) is 5.32 Å². The summed E-state index contributed by atoms with van der Waals surface area (Å²) in [6.45, 7) is 0.287. The molecule has 0 atom stereocenters. The Hall–Kier alpha value is -3.27. The molecule has 4 rings (SSSR count). The highest BCUT2D eigenvalue weighted by atomic mass is 79.9. The molecule has 26 heavy (non-hydrogen) atoms.